The van der Waals surface area contributed by atoms with Crippen molar-refractivity contribution in [2.24, 2.45) is 0 Å². The number of hydrogen-bond acceptors (Lipinski definition) is 1. The summed E-state index contributed by atoms with van der Waals surface area (Å²) in [5.41, 5.74) is 18.1. The van der Waals surface area contributed by atoms with E-state index in [2.05, 4.69) is 239 Å². The first-order valence-corrected chi connectivity index (χ1v) is 43.1. The van der Waals surface area contributed by atoms with Crippen LogP contribution in [-0.2, 0) is 16.2 Å². The summed E-state index contributed by atoms with van der Waals surface area (Å²) in [5.74, 6) is 0. The SMILES string of the molecule is CCCC1=Cc2c(-c3ccccc3-c3cccc4ccccc34)cccc2[CH]1[Zr]([Cl])([Cl])([BH]N([Si](C)(C)C)[Si](C)(C)C)[CH]1C(CCC)=Cc2c(-c3ccccc3-c3cccc4ccccc34)cccc21. The summed E-state index contributed by atoms with van der Waals surface area (Å²) in [7, 11) is 14.9. The van der Waals surface area contributed by atoms with Crippen LogP contribution >= 0.6 is 17.0 Å². The summed E-state index contributed by atoms with van der Waals surface area (Å²) in [6.45, 7) is 19.8. The molecule has 0 heterocycles. The number of rotatable bonds is 14. The van der Waals surface area contributed by atoms with Gasteiger partial charge >= 0.3 is 426 Å². The van der Waals surface area contributed by atoms with Crippen LogP contribution in [0.15, 0.2) is 181 Å². The fraction of sp³-hybridized carbons (Fsp3) is 0.226. The Labute approximate surface area is 422 Å². The van der Waals surface area contributed by atoms with Crippen LogP contribution in [0.1, 0.15) is 69.0 Å². The van der Waals surface area contributed by atoms with Crippen LogP contribution in [0.3, 0.4) is 0 Å². The molecular formula is C62H65BCl2NSi2Zr. The standard InChI is InChI=1S/2C28H23.C6H19BNSi2.2ClH.Zr/c2*1-2-9-20-18-22-12-8-17-27(28(22)19-20)26-15-6-5-14-25(26)24-16-7-11-21-10-3-4-13-23(21)24;1-9(2,3)8(7)10(4,5)6;;;/h2*3-8,10-19H,2,9H2,1H3;7H,1-6H3;2*1H;/q;;+1;;;+1/p-2. The van der Waals surface area contributed by atoms with Gasteiger partial charge in [-0.25, -0.2) is 0 Å². The molecule has 2 aliphatic carbocycles. The van der Waals surface area contributed by atoms with Gasteiger partial charge in [0, 0.05) is 0 Å². The Morgan fingerprint density at radius 3 is 1.13 bits per heavy atom. The Hall–Kier alpha value is -4.32. The van der Waals surface area contributed by atoms with Gasteiger partial charge < -0.3 is 0 Å². The van der Waals surface area contributed by atoms with E-state index in [9.17, 15) is 17.0 Å². The maximum atomic E-state index is 9.41. The van der Waals surface area contributed by atoms with E-state index >= 15 is 0 Å². The van der Waals surface area contributed by atoms with Crippen molar-refractivity contribution < 1.29 is 16.2 Å². The Morgan fingerprint density at radius 1 is 0.420 bits per heavy atom. The quantitative estimate of drug-likeness (QED) is 0.0981. The van der Waals surface area contributed by atoms with Gasteiger partial charge in [-0.15, -0.1) is 0 Å². The van der Waals surface area contributed by atoms with Crippen molar-refractivity contribution in [2.75, 3.05) is 0 Å². The van der Waals surface area contributed by atoms with Gasteiger partial charge in [-0.3, -0.25) is 0 Å². The molecule has 0 saturated heterocycles. The Balaban J connectivity index is 1.21. The van der Waals surface area contributed by atoms with E-state index in [1.807, 2.05) is 0 Å². The molecule has 0 N–H and O–H groups in total. The summed E-state index contributed by atoms with van der Waals surface area (Å²) in [5, 5.41) is 5.03. The molecule has 0 saturated carbocycles. The van der Waals surface area contributed by atoms with Gasteiger partial charge in [0.1, 0.15) is 0 Å². The van der Waals surface area contributed by atoms with Crippen LogP contribution < -0.4 is 0 Å². The Bertz CT molecular complexity index is 3120. The molecule has 1 nitrogen and oxygen atoms in total. The van der Waals surface area contributed by atoms with Crippen LogP contribution in [0.2, 0.25) is 39.3 Å². The number of halogens is 2. The molecule has 2 aliphatic rings. The topological polar surface area (TPSA) is 3.24 Å². The molecule has 2 unspecified atom stereocenters. The van der Waals surface area contributed by atoms with Gasteiger partial charge in [-0.05, 0) is 0 Å². The van der Waals surface area contributed by atoms with Crippen LogP contribution in [0, 0.1) is 0 Å². The molecule has 0 amide bonds. The predicted octanol–water partition coefficient (Wildman–Crippen LogP) is 19.1. The Kier molecular flexibility index (Phi) is 13.1. The summed E-state index contributed by atoms with van der Waals surface area (Å²) in [6, 6.07) is 63.1. The Morgan fingerprint density at radius 2 is 0.739 bits per heavy atom. The molecule has 2 atom stereocenters. The zero-order chi connectivity index (χ0) is 48.3. The minimum absolute atomic E-state index is 0.0626. The summed E-state index contributed by atoms with van der Waals surface area (Å²) in [4.78, 5) is 0.778. The monoisotopic (exact) mass is 1050 g/mol. The van der Waals surface area contributed by atoms with Crippen molar-refractivity contribution in [1.29, 1.82) is 0 Å². The van der Waals surface area contributed by atoms with Crippen molar-refractivity contribution in [1.82, 2.24) is 4.14 Å². The molecule has 0 radical (unpaired) electrons. The van der Waals surface area contributed by atoms with Gasteiger partial charge in [0.15, 0.2) is 0 Å². The molecule has 0 spiro atoms. The van der Waals surface area contributed by atoms with Crippen molar-refractivity contribution in [3.8, 4) is 44.5 Å². The molecule has 7 heteroatoms. The third kappa shape index (κ3) is 8.62. The first kappa shape index (κ1) is 48.3. The fourth-order valence-electron chi connectivity index (χ4n) is 12.8. The first-order valence-electron chi connectivity index (χ1n) is 25.3. The molecule has 69 heavy (non-hydrogen) atoms. The van der Waals surface area contributed by atoms with Gasteiger partial charge in [0.05, 0.1) is 0 Å². The van der Waals surface area contributed by atoms with Crippen molar-refractivity contribution in [2.45, 2.75) is 86.1 Å². The van der Waals surface area contributed by atoms with Gasteiger partial charge in [-0.2, -0.15) is 0 Å². The van der Waals surface area contributed by atoms with Crippen LogP contribution in [0.25, 0.3) is 78.2 Å². The van der Waals surface area contributed by atoms with Crippen LogP contribution in [-0.4, -0.2) is 25.6 Å². The molecular weight excluding hydrogens is 988 g/mol. The molecule has 0 aliphatic heterocycles. The molecule has 0 fully saturated rings. The van der Waals surface area contributed by atoms with E-state index in [-0.39, 0.29) is 7.25 Å². The van der Waals surface area contributed by atoms with Crippen molar-refractivity contribution in [3.05, 3.63) is 203 Å². The number of nitrogens with zero attached hydrogens (tertiary/aromatic N) is 1. The van der Waals surface area contributed by atoms with E-state index in [1.54, 1.807) is 0 Å². The van der Waals surface area contributed by atoms with Crippen molar-refractivity contribution >= 4 is 72.1 Å². The van der Waals surface area contributed by atoms with Gasteiger partial charge in [0.25, 0.3) is 0 Å². The number of hydrogen-bond donors (Lipinski definition) is 0. The second-order valence-corrected chi connectivity index (χ2v) is 54.0. The second kappa shape index (κ2) is 18.7. The van der Waals surface area contributed by atoms with E-state index in [0.29, 0.717) is 0 Å². The average Bonchev–Trinajstić information content (AvgIpc) is 3.92. The molecule has 10 rings (SSSR count). The minimum atomic E-state index is -5.50. The summed E-state index contributed by atoms with van der Waals surface area (Å²) in [6.07, 6.45) is 9.07. The average molecular weight is 1050 g/mol. The summed E-state index contributed by atoms with van der Waals surface area (Å²) < 4.78 is 2.83. The summed E-state index contributed by atoms with van der Waals surface area (Å²) >= 11 is -5.50. The van der Waals surface area contributed by atoms with E-state index < -0.39 is 32.6 Å². The van der Waals surface area contributed by atoms with Gasteiger partial charge in [0.2, 0.25) is 0 Å². The molecule has 8 aromatic rings. The number of allylic oxidation sites excluding steroid dienone is 2. The normalized spacial score (nSPS) is 16.5. The van der Waals surface area contributed by atoms with E-state index in [1.165, 1.54) is 99.5 Å². The second-order valence-electron chi connectivity index (χ2n) is 21.8. The van der Waals surface area contributed by atoms with E-state index in [0.717, 1.165) is 30.6 Å². The zero-order valence-corrected chi connectivity index (χ0v) is 47.7. The molecule has 347 valence electrons. The van der Waals surface area contributed by atoms with Crippen LogP contribution in [0.5, 0.6) is 0 Å². The first-order chi connectivity index (χ1) is 33.1. The fourth-order valence-corrected chi connectivity index (χ4v) is 55.1. The molecule has 0 bridgehead atoms. The number of fused-ring (bicyclic) bond motifs is 4. The third-order valence-electron chi connectivity index (χ3n) is 15.2. The third-order valence-corrected chi connectivity index (χ3v) is 42.4. The molecule has 0 aromatic heterocycles. The number of benzene rings is 8. The predicted molar refractivity (Wildman–Crippen MR) is 308 cm³/mol. The van der Waals surface area contributed by atoms with E-state index in [4.69, 9.17) is 0 Å². The van der Waals surface area contributed by atoms with Crippen LogP contribution in [0.4, 0.5) is 0 Å². The maximum absolute atomic E-state index is 9.41. The zero-order valence-electron chi connectivity index (χ0n) is 41.7. The van der Waals surface area contributed by atoms with Gasteiger partial charge in [-0.1, -0.05) is 0 Å². The molecule has 8 aromatic carbocycles. The van der Waals surface area contributed by atoms with Crippen molar-refractivity contribution in [3.63, 3.8) is 0 Å².